The molecule has 0 saturated heterocycles. The molecular formula is C37H41BrN2O. The van der Waals surface area contributed by atoms with Crippen LogP contribution in [-0.2, 0) is 16.2 Å². The molecule has 3 nitrogen and oxygen atoms in total. The predicted molar refractivity (Wildman–Crippen MR) is 177 cm³/mol. The number of phenolic OH excluding ortho intramolecular Hbond substituents is 1. The van der Waals surface area contributed by atoms with Gasteiger partial charge in [0.1, 0.15) is 17.1 Å². The smallest absolute Gasteiger partial charge is 0.149 e. The van der Waals surface area contributed by atoms with Crippen molar-refractivity contribution in [3.63, 3.8) is 0 Å². The summed E-state index contributed by atoms with van der Waals surface area (Å²) in [5.74, 6) is 1.02. The first-order chi connectivity index (χ1) is 19.1. The van der Waals surface area contributed by atoms with Crippen LogP contribution >= 0.6 is 15.9 Å². The minimum atomic E-state index is -0.245. The van der Waals surface area contributed by atoms with Gasteiger partial charge in [-0.3, -0.25) is 4.57 Å². The zero-order chi connectivity index (χ0) is 29.9. The van der Waals surface area contributed by atoms with Gasteiger partial charge in [-0.05, 0) is 84.8 Å². The number of aromatic hydroxyl groups is 1. The van der Waals surface area contributed by atoms with Crippen LogP contribution in [0.25, 0.3) is 39.2 Å². The number of hydrogen-bond donors (Lipinski definition) is 1. The summed E-state index contributed by atoms with van der Waals surface area (Å²) in [7, 11) is 0. The molecule has 41 heavy (non-hydrogen) atoms. The monoisotopic (exact) mass is 608 g/mol. The summed E-state index contributed by atoms with van der Waals surface area (Å²) < 4.78 is 3.17. The Hall–Kier alpha value is -3.37. The highest BCUT2D eigenvalue weighted by atomic mass is 79.9. The number of benzene rings is 4. The van der Waals surface area contributed by atoms with E-state index in [0.717, 1.165) is 38.1 Å². The summed E-state index contributed by atoms with van der Waals surface area (Å²) in [4.78, 5) is 5.23. The van der Waals surface area contributed by atoms with Crippen molar-refractivity contribution in [1.82, 2.24) is 9.55 Å². The number of imidazole rings is 1. The molecule has 0 spiro atoms. The Labute approximate surface area is 253 Å². The quantitative estimate of drug-likeness (QED) is 0.221. The number of nitrogens with zero attached hydrogens (tertiary/aromatic N) is 2. The second-order valence-corrected chi connectivity index (χ2v) is 15.0. The fourth-order valence-electron chi connectivity index (χ4n) is 5.44. The molecule has 1 aromatic heterocycles. The van der Waals surface area contributed by atoms with Crippen LogP contribution in [0.4, 0.5) is 0 Å². The SMILES string of the molecule is CC(C)(C)c1cc(-c2nc3c(Br)cccc3n2-c2ccc(-c3ccccc3)cc2C(C)(C)C)c(O)c(C(C)(C)C)c1. The van der Waals surface area contributed by atoms with Crippen molar-refractivity contribution in [2.75, 3.05) is 0 Å². The number of hydrogen-bond acceptors (Lipinski definition) is 2. The maximum Gasteiger partial charge on any atom is 0.149 e. The molecule has 1 heterocycles. The van der Waals surface area contributed by atoms with E-state index >= 15 is 0 Å². The van der Waals surface area contributed by atoms with Crippen molar-refractivity contribution in [3.05, 3.63) is 100 Å². The van der Waals surface area contributed by atoms with Crippen LogP contribution < -0.4 is 0 Å². The van der Waals surface area contributed by atoms with Crippen molar-refractivity contribution in [3.8, 4) is 34.0 Å². The topological polar surface area (TPSA) is 38.0 Å². The largest absolute Gasteiger partial charge is 0.507 e. The number of para-hydroxylation sites is 1. The molecule has 5 rings (SSSR count). The lowest BCUT2D eigenvalue weighted by atomic mass is 9.78. The Kier molecular flexibility index (Phi) is 7.22. The summed E-state index contributed by atoms with van der Waals surface area (Å²) >= 11 is 3.76. The summed E-state index contributed by atoms with van der Waals surface area (Å²) in [5.41, 5.74) is 8.84. The zero-order valence-electron chi connectivity index (χ0n) is 25.7. The average molecular weight is 610 g/mol. The molecule has 0 atom stereocenters. The molecule has 1 N–H and O–H groups in total. The lowest BCUT2D eigenvalue weighted by molar-refractivity contribution is 0.446. The van der Waals surface area contributed by atoms with E-state index < -0.39 is 0 Å². The van der Waals surface area contributed by atoms with Crippen LogP contribution in [0.2, 0.25) is 0 Å². The molecule has 4 aromatic carbocycles. The van der Waals surface area contributed by atoms with E-state index in [-0.39, 0.29) is 22.0 Å². The van der Waals surface area contributed by atoms with Gasteiger partial charge in [0.2, 0.25) is 0 Å². The number of aromatic nitrogens is 2. The first-order valence-electron chi connectivity index (χ1n) is 14.3. The summed E-state index contributed by atoms with van der Waals surface area (Å²) in [6, 6.07) is 27.7. The van der Waals surface area contributed by atoms with Crippen LogP contribution in [0, 0.1) is 0 Å². The van der Waals surface area contributed by atoms with Crippen molar-refractivity contribution in [2.45, 2.75) is 78.6 Å². The van der Waals surface area contributed by atoms with Crippen LogP contribution in [0.1, 0.15) is 79.0 Å². The Morgan fingerprint density at radius 1 is 0.659 bits per heavy atom. The molecule has 0 fully saturated rings. The normalized spacial score (nSPS) is 12.7. The van der Waals surface area contributed by atoms with Gasteiger partial charge in [-0.25, -0.2) is 4.98 Å². The van der Waals surface area contributed by atoms with Gasteiger partial charge in [0, 0.05) is 10.0 Å². The molecule has 0 amide bonds. The van der Waals surface area contributed by atoms with Crippen molar-refractivity contribution < 1.29 is 5.11 Å². The van der Waals surface area contributed by atoms with E-state index in [1.807, 2.05) is 12.1 Å². The highest BCUT2D eigenvalue weighted by Crippen LogP contribution is 2.45. The minimum absolute atomic E-state index is 0.103. The van der Waals surface area contributed by atoms with Gasteiger partial charge in [-0.15, -0.1) is 0 Å². The molecule has 4 heteroatoms. The highest BCUT2D eigenvalue weighted by molar-refractivity contribution is 9.10. The second kappa shape index (κ2) is 10.2. The van der Waals surface area contributed by atoms with Crippen molar-refractivity contribution >= 4 is 27.0 Å². The maximum atomic E-state index is 11.9. The molecule has 5 aromatic rings. The van der Waals surface area contributed by atoms with Crippen LogP contribution in [0.5, 0.6) is 5.75 Å². The van der Waals surface area contributed by atoms with Crippen LogP contribution in [-0.4, -0.2) is 14.7 Å². The van der Waals surface area contributed by atoms with Gasteiger partial charge >= 0.3 is 0 Å². The molecule has 0 saturated carbocycles. The Morgan fingerprint density at radius 2 is 1.32 bits per heavy atom. The molecule has 0 unspecified atom stereocenters. The fourth-order valence-corrected chi connectivity index (χ4v) is 5.89. The third kappa shape index (κ3) is 5.47. The third-order valence-electron chi connectivity index (χ3n) is 7.81. The first kappa shape index (κ1) is 29.1. The van der Waals surface area contributed by atoms with E-state index in [9.17, 15) is 5.11 Å². The van der Waals surface area contributed by atoms with E-state index in [1.54, 1.807) is 0 Å². The fraction of sp³-hybridized carbons (Fsp3) is 0.324. The van der Waals surface area contributed by atoms with Gasteiger partial charge in [0.05, 0.1) is 16.8 Å². The molecular weight excluding hydrogens is 568 g/mol. The van der Waals surface area contributed by atoms with Gasteiger partial charge in [-0.1, -0.05) is 111 Å². The van der Waals surface area contributed by atoms with Crippen molar-refractivity contribution in [1.29, 1.82) is 0 Å². The molecule has 0 bridgehead atoms. The highest BCUT2D eigenvalue weighted by Gasteiger charge is 2.30. The van der Waals surface area contributed by atoms with E-state index in [1.165, 1.54) is 22.3 Å². The number of halogens is 1. The van der Waals surface area contributed by atoms with Gasteiger partial charge in [-0.2, -0.15) is 0 Å². The summed E-state index contributed by atoms with van der Waals surface area (Å²) in [5, 5.41) is 11.9. The van der Waals surface area contributed by atoms with E-state index in [0.29, 0.717) is 0 Å². The molecule has 0 aliphatic heterocycles. The Bertz CT molecular complexity index is 1740. The van der Waals surface area contributed by atoms with Gasteiger partial charge < -0.3 is 5.11 Å². The first-order valence-corrected chi connectivity index (χ1v) is 15.1. The zero-order valence-corrected chi connectivity index (χ0v) is 27.3. The van der Waals surface area contributed by atoms with E-state index in [2.05, 4.69) is 150 Å². The van der Waals surface area contributed by atoms with Crippen LogP contribution in [0.3, 0.4) is 0 Å². The minimum Gasteiger partial charge on any atom is -0.507 e. The average Bonchev–Trinajstić information content (AvgIpc) is 3.27. The van der Waals surface area contributed by atoms with Gasteiger partial charge in [0.25, 0.3) is 0 Å². The molecule has 0 aliphatic carbocycles. The van der Waals surface area contributed by atoms with Gasteiger partial charge in [0.15, 0.2) is 0 Å². The molecule has 0 aliphatic rings. The molecule has 212 valence electrons. The Balaban J connectivity index is 1.90. The third-order valence-corrected chi connectivity index (χ3v) is 8.45. The Morgan fingerprint density at radius 3 is 1.93 bits per heavy atom. The number of fused-ring (bicyclic) bond motifs is 1. The lowest BCUT2D eigenvalue weighted by Gasteiger charge is -2.28. The summed E-state index contributed by atoms with van der Waals surface area (Å²) in [6.07, 6.45) is 0. The van der Waals surface area contributed by atoms with Crippen LogP contribution in [0.15, 0.2) is 83.3 Å². The predicted octanol–water partition coefficient (Wildman–Crippen LogP) is 10.7. The maximum absolute atomic E-state index is 11.9. The number of rotatable bonds is 3. The summed E-state index contributed by atoms with van der Waals surface area (Å²) in [6.45, 7) is 19.9. The second-order valence-electron chi connectivity index (χ2n) is 14.1. The standard InChI is InChI=1S/C37H41BrN2O/c1-35(2,3)25-21-26(33(41)28(22-25)37(7,8)9)34-39-32-29(38)16-13-17-31(32)40(34)30-19-18-24(20-27(30)36(4,5)6)23-14-11-10-12-15-23/h10-22,41H,1-9H3. The van der Waals surface area contributed by atoms with Crippen molar-refractivity contribution in [2.24, 2.45) is 0 Å². The number of phenols is 1. The molecule has 0 radical (unpaired) electrons. The lowest BCUT2D eigenvalue weighted by Crippen LogP contribution is -2.18. The van der Waals surface area contributed by atoms with E-state index in [4.69, 9.17) is 4.98 Å².